The molecule has 0 fully saturated rings. The number of rotatable bonds is 9. The summed E-state index contributed by atoms with van der Waals surface area (Å²) in [7, 11) is -3.45. The Hall–Kier alpha value is -2.29. The lowest BCUT2D eigenvalue weighted by molar-refractivity contribution is 0.339. The third-order valence-corrected chi connectivity index (χ3v) is 6.00. The van der Waals surface area contributed by atoms with Crippen molar-refractivity contribution in [1.29, 1.82) is 0 Å². The fourth-order valence-corrected chi connectivity index (χ4v) is 4.06. The maximum atomic E-state index is 12.8. The van der Waals surface area contributed by atoms with Crippen LogP contribution in [0.5, 0.6) is 5.75 Å². The van der Waals surface area contributed by atoms with E-state index in [4.69, 9.17) is 4.74 Å². The summed E-state index contributed by atoms with van der Waals surface area (Å²) in [6, 6.07) is 15.3. The van der Waals surface area contributed by atoms with Gasteiger partial charge in [-0.25, -0.2) is 22.5 Å². The van der Waals surface area contributed by atoms with Gasteiger partial charge in [-0.3, -0.25) is 0 Å². The largest absolute Gasteiger partial charge is 0.492 e. The zero-order valence-corrected chi connectivity index (χ0v) is 16.1. The highest BCUT2D eigenvalue weighted by atomic mass is 32.2. The van der Waals surface area contributed by atoms with Crippen LogP contribution in [-0.2, 0) is 16.4 Å². The monoisotopic (exact) mass is 406 g/mol. The summed E-state index contributed by atoms with van der Waals surface area (Å²) in [6.45, 7) is 0.271. The summed E-state index contributed by atoms with van der Waals surface area (Å²) in [6.07, 6.45) is 0.515. The van der Waals surface area contributed by atoms with Crippen molar-refractivity contribution in [2.45, 2.75) is 6.42 Å². The summed E-state index contributed by atoms with van der Waals surface area (Å²) in [5.41, 5.74) is 1.90. The molecule has 0 unspecified atom stereocenters. The number of hydrogen-bond donors (Lipinski definition) is 1. The SMILES string of the molecule is O=S(=O)(CCOc1ccc(F)cc1)NCCc1csc(-c2ccccc2)n1. The van der Waals surface area contributed by atoms with Crippen LogP contribution in [0, 0.1) is 5.82 Å². The summed E-state index contributed by atoms with van der Waals surface area (Å²) in [5.74, 6) is -0.104. The number of nitrogens with one attached hydrogen (secondary N) is 1. The normalized spacial score (nSPS) is 11.4. The quantitative estimate of drug-likeness (QED) is 0.591. The van der Waals surface area contributed by atoms with Crippen molar-refractivity contribution in [2.75, 3.05) is 18.9 Å². The molecule has 0 saturated heterocycles. The van der Waals surface area contributed by atoms with Gasteiger partial charge in [0, 0.05) is 23.9 Å². The molecular weight excluding hydrogens is 387 g/mol. The molecule has 3 rings (SSSR count). The van der Waals surface area contributed by atoms with Gasteiger partial charge < -0.3 is 4.74 Å². The topological polar surface area (TPSA) is 68.3 Å². The van der Waals surface area contributed by atoms with E-state index in [-0.39, 0.29) is 24.7 Å². The van der Waals surface area contributed by atoms with Crippen molar-refractivity contribution >= 4 is 21.4 Å². The highest BCUT2D eigenvalue weighted by Crippen LogP contribution is 2.23. The van der Waals surface area contributed by atoms with Gasteiger partial charge in [0.25, 0.3) is 0 Å². The summed E-state index contributed by atoms with van der Waals surface area (Å²) in [4.78, 5) is 4.54. The summed E-state index contributed by atoms with van der Waals surface area (Å²) in [5, 5.41) is 2.86. The molecule has 0 atom stereocenters. The smallest absolute Gasteiger partial charge is 0.214 e. The van der Waals surface area contributed by atoms with Gasteiger partial charge >= 0.3 is 0 Å². The zero-order chi connectivity index (χ0) is 19.1. The van der Waals surface area contributed by atoms with Gasteiger partial charge in [-0.05, 0) is 24.3 Å². The molecule has 0 spiro atoms. The third kappa shape index (κ3) is 6.13. The Kier molecular flexibility index (Phi) is 6.54. The molecule has 1 aromatic heterocycles. The van der Waals surface area contributed by atoms with Gasteiger partial charge in [0.05, 0.1) is 11.4 Å². The molecule has 1 heterocycles. The average molecular weight is 407 g/mol. The van der Waals surface area contributed by atoms with E-state index in [9.17, 15) is 12.8 Å². The van der Waals surface area contributed by atoms with Gasteiger partial charge in [-0.15, -0.1) is 11.3 Å². The lowest BCUT2D eigenvalue weighted by Crippen LogP contribution is -2.30. The van der Waals surface area contributed by atoms with Crippen LogP contribution in [0.1, 0.15) is 5.69 Å². The fourth-order valence-electron chi connectivity index (χ4n) is 2.34. The molecule has 0 saturated carbocycles. The van der Waals surface area contributed by atoms with E-state index in [0.29, 0.717) is 12.2 Å². The van der Waals surface area contributed by atoms with Gasteiger partial charge in [0.2, 0.25) is 10.0 Å². The van der Waals surface area contributed by atoms with E-state index in [1.807, 2.05) is 35.7 Å². The number of benzene rings is 2. The molecule has 27 heavy (non-hydrogen) atoms. The Bertz CT molecular complexity index is 958. The van der Waals surface area contributed by atoms with Crippen LogP contribution >= 0.6 is 11.3 Å². The van der Waals surface area contributed by atoms with E-state index in [1.54, 1.807) is 0 Å². The Labute approximate surface area is 161 Å². The lowest BCUT2D eigenvalue weighted by atomic mass is 10.2. The molecule has 8 heteroatoms. The standard InChI is InChI=1S/C19H19FN2O3S2/c20-16-6-8-18(9-7-16)25-12-13-27(23,24)21-11-10-17-14-26-19(22-17)15-4-2-1-3-5-15/h1-9,14,21H,10-13H2. The first-order valence-corrected chi connectivity index (χ1v) is 10.9. The van der Waals surface area contributed by atoms with Crippen LogP contribution in [0.3, 0.4) is 0 Å². The van der Waals surface area contributed by atoms with Crippen molar-refractivity contribution < 1.29 is 17.5 Å². The molecule has 5 nitrogen and oxygen atoms in total. The number of nitrogens with zero attached hydrogens (tertiary/aromatic N) is 1. The van der Waals surface area contributed by atoms with Gasteiger partial charge in [-0.1, -0.05) is 30.3 Å². The second-order valence-electron chi connectivity index (χ2n) is 5.78. The van der Waals surface area contributed by atoms with Crippen molar-refractivity contribution in [1.82, 2.24) is 9.71 Å². The maximum Gasteiger partial charge on any atom is 0.214 e. The minimum Gasteiger partial charge on any atom is -0.492 e. The number of thiazole rings is 1. The fraction of sp³-hybridized carbons (Fsp3) is 0.211. The molecule has 2 aromatic carbocycles. The van der Waals surface area contributed by atoms with E-state index < -0.39 is 10.0 Å². The first-order chi connectivity index (χ1) is 13.0. The second-order valence-corrected chi connectivity index (χ2v) is 8.56. The molecule has 0 aliphatic carbocycles. The minimum atomic E-state index is -3.45. The van der Waals surface area contributed by atoms with Crippen LogP contribution in [0.25, 0.3) is 10.6 Å². The lowest BCUT2D eigenvalue weighted by Gasteiger charge is -2.08. The van der Waals surface area contributed by atoms with Crippen molar-refractivity contribution in [3.63, 3.8) is 0 Å². The zero-order valence-electron chi connectivity index (χ0n) is 14.5. The second kappa shape index (κ2) is 9.07. The van der Waals surface area contributed by atoms with E-state index in [2.05, 4.69) is 9.71 Å². The molecule has 0 aliphatic heterocycles. The van der Waals surface area contributed by atoms with Gasteiger partial charge in [-0.2, -0.15) is 0 Å². The van der Waals surface area contributed by atoms with Crippen LogP contribution in [0.15, 0.2) is 60.0 Å². The maximum absolute atomic E-state index is 12.8. The van der Waals surface area contributed by atoms with E-state index in [1.165, 1.54) is 35.6 Å². The molecule has 1 N–H and O–H groups in total. The Morgan fingerprint density at radius 3 is 2.56 bits per heavy atom. The first kappa shape index (κ1) is 19.5. The number of aromatic nitrogens is 1. The summed E-state index contributed by atoms with van der Waals surface area (Å²) < 4.78 is 44.7. The Morgan fingerprint density at radius 2 is 1.81 bits per heavy atom. The number of hydrogen-bond acceptors (Lipinski definition) is 5. The van der Waals surface area contributed by atoms with E-state index >= 15 is 0 Å². The predicted octanol–water partition coefficient (Wildman–Crippen LogP) is 3.49. The highest BCUT2D eigenvalue weighted by Gasteiger charge is 2.11. The molecule has 3 aromatic rings. The Balaban J connectivity index is 1.42. The minimum absolute atomic E-state index is 0.00414. The third-order valence-electron chi connectivity index (χ3n) is 3.71. The van der Waals surface area contributed by atoms with Crippen LogP contribution < -0.4 is 9.46 Å². The van der Waals surface area contributed by atoms with Crippen LogP contribution in [0.4, 0.5) is 4.39 Å². The molecule has 0 amide bonds. The number of sulfonamides is 1. The van der Waals surface area contributed by atoms with Gasteiger partial charge in [0.15, 0.2) is 0 Å². The molecular formula is C19H19FN2O3S2. The number of ether oxygens (including phenoxy) is 1. The van der Waals surface area contributed by atoms with Crippen molar-refractivity contribution in [2.24, 2.45) is 0 Å². The van der Waals surface area contributed by atoms with Crippen molar-refractivity contribution in [3.05, 3.63) is 71.5 Å². The molecule has 0 bridgehead atoms. The summed E-state index contributed by atoms with van der Waals surface area (Å²) >= 11 is 1.54. The van der Waals surface area contributed by atoms with Crippen LogP contribution in [0.2, 0.25) is 0 Å². The van der Waals surface area contributed by atoms with Gasteiger partial charge in [0.1, 0.15) is 23.2 Å². The number of halogens is 1. The van der Waals surface area contributed by atoms with E-state index in [0.717, 1.165) is 16.3 Å². The van der Waals surface area contributed by atoms with Crippen molar-refractivity contribution in [3.8, 4) is 16.3 Å². The van der Waals surface area contributed by atoms with Crippen LogP contribution in [-0.4, -0.2) is 32.3 Å². The molecule has 0 radical (unpaired) electrons. The molecule has 0 aliphatic rings. The first-order valence-electron chi connectivity index (χ1n) is 8.37. The predicted molar refractivity (Wildman–Crippen MR) is 105 cm³/mol. The highest BCUT2D eigenvalue weighted by molar-refractivity contribution is 7.89. The Morgan fingerprint density at radius 1 is 1.07 bits per heavy atom. The average Bonchev–Trinajstić information content (AvgIpc) is 3.13. The molecule has 142 valence electrons.